The molecule has 0 atom stereocenters. The molecule has 1 aromatic heterocycles. The molecule has 0 aliphatic heterocycles. The summed E-state index contributed by atoms with van der Waals surface area (Å²) < 4.78 is 0. The fraction of sp³-hybridized carbons (Fsp3) is 0.0909. The number of anilines is 1. The predicted molar refractivity (Wildman–Crippen MR) is 75.1 cm³/mol. The van der Waals surface area contributed by atoms with Crippen LogP contribution in [0.4, 0.5) is 11.4 Å². The zero-order chi connectivity index (χ0) is 15.2. The van der Waals surface area contributed by atoms with Gasteiger partial charge in [-0.2, -0.15) is 5.10 Å². The molecule has 108 valence electrons. The third-order valence-corrected chi connectivity index (χ3v) is 3.12. The molecule has 1 heterocycles. The minimum absolute atomic E-state index is 0.0195. The molecule has 21 heavy (non-hydrogen) atoms. The SMILES string of the molecule is O=C(CSc1nncc(=O)[nH]1)Nc1ccc([N+](=O)[O-])cc1. The van der Waals surface area contributed by atoms with Crippen molar-refractivity contribution < 1.29 is 9.72 Å². The predicted octanol–water partition coefficient (Wildman–Crippen LogP) is 0.804. The molecule has 9 nitrogen and oxygen atoms in total. The van der Waals surface area contributed by atoms with Crippen molar-refractivity contribution in [1.29, 1.82) is 0 Å². The van der Waals surface area contributed by atoms with Crippen molar-refractivity contribution in [3.8, 4) is 0 Å². The lowest BCUT2D eigenvalue weighted by Crippen LogP contribution is -2.15. The van der Waals surface area contributed by atoms with Gasteiger partial charge in [-0.15, -0.1) is 5.10 Å². The zero-order valence-corrected chi connectivity index (χ0v) is 11.3. The molecule has 2 aromatic rings. The van der Waals surface area contributed by atoms with Crippen molar-refractivity contribution >= 4 is 29.0 Å². The average molecular weight is 307 g/mol. The first-order valence-corrected chi connectivity index (χ1v) is 6.62. The molecule has 1 aromatic carbocycles. The lowest BCUT2D eigenvalue weighted by Gasteiger charge is -2.04. The highest BCUT2D eigenvalue weighted by Crippen LogP contribution is 2.16. The largest absolute Gasteiger partial charge is 0.325 e. The maximum absolute atomic E-state index is 11.7. The number of hydrogen-bond acceptors (Lipinski definition) is 7. The Balaban J connectivity index is 1.89. The molecule has 0 spiro atoms. The summed E-state index contributed by atoms with van der Waals surface area (Å²) in [5, 5.41) is 20.4. The molecule has 0 saturated carbocycles. The van der Waals surface area contributed by atoms with Crippen molar-refractivity contribution in [2.75, 3.05) is 11.1 Å². The summed E-state index contributed by atoms with van der Waals surface area (Å²) >= 11 is 1.02. The number of nitrogens with zero attached hydrogens (tertiary/aromatic N) is 3. The van der Waals surface area contributed by atoms with Crippen LogP contribution in [0.5, 0.6) is 0 Å². The van der Waals surface area contributed by atoms with E-state index < -0.39 is 10.5 Å². The molecule has 1 amide bonds. The zero-order valence-electron chi connectivity index (χ0n) is 10.5. The molecule has 0 aliphatic rings. The van der Waals surface area contributed by atoms with Gasteiger partial charge in [-0.05, 0) is 12.1 Å². The monoisotopic (exact) mass is 307 g/mol. The molecule has 2 N–H and O–H groups in total. The lowest BCUT2D eigenvalue weighted by atomic mass is 10.3. The van der Waals surface area contributed by atoms with E-state index in [2.05, 4.69) is 20.5 Å². The number of aromatic nitrogens is 3. The van der Waals surface area contributed by atoms with E-state index in [4.69, 9.17) is 0 Å². The third kappa shape index (κ3) is 4.38. The molecular formula is C11H9N5O4S. The van der Waals surface area contributed by atoms with E-state index in [0.717, 1.165) is 18.0 Å². The Kier molecular flexibility index (Phi) is 4.61. The molecule has 0 bridgehead atoms. The number of thioether (sulfide) groups is 1. The van der Waals surface area contributed by atoms with E-state index in [1.165, 1.54) is 24.3 Å². The van der Waals surface area contributed by atoms with Crippen LogP contribution in [0.25, 0.3) is 0 Å². The standard InChI is InChI=1S/C11H9N5O4S/c17-9-5-12-15-11(14-9)21-6-10(18)13-7-1-3-8(4-2-7)16(19)20/h1-5H,6H2,(H,13,18)(H,14,15,17). The van der Waals surface area contributed by atoms with Crippen LogP contribution in [-0.4, -0.2) is 31.8 Å². The molecule has 0 aliphatic carbocycles. The Hall–Kier alpha value is -2.75. The second-order valence-corrected chi connectivity index (χ2v) is 4.74. The number of amides is 1. The number of carbonyl (C=O) groups is 1. The number of benzene rings is 1. The number of nitro groups is 1. The number of carbonyl (C=O) groups excluding carboxylic acids is 1. The van der Waals surface area contributed by atoms with Crippen LogP contribution in [0.3, 0.4) is 0 Å². The van der Waals surface area contributed by atoms with Crippen LogP contribution in [0.2, 0.25) is 0 Å². The van der Waals surface area contributed by atoms with Crippen LogP contribution in [-0.2, 0) is 4.79 Å². The number of aromatic amines is 1. The Morgan fingerprint density at radius 2 is 2.10 bits per heavy atom. The first kappa shape index (κ1) is 14.7. The number of hydrogen-bond donors (Lipinski definition) is 2. The topological polar surface area (TPSA) is 131 Å². The van der Waals surface area contributed by atoms with Gasteiger partial charge >= 0.3 is 0 Å². The van der Waals surface area contributed by atoms with Gasteiger partial charge < -0.3 is 5.32 Å². The highest BCUT2D eigenvalue weighted by molar-refractivity contribution is 7.99. The van der Waals surface area contributed by atoms with Gasteiger partial charge in [-0.1, -0.05) is 11.8 Å². The summed E-state index contributed by atoms with van der Waals surface area (Å²) in [5.74, 6) is -0.314. The Labute approximate surface area is 121 Å². The fourth-order valence-corrected chi connectivity index (χ4v) is 1.98. The molecule has 2 rings (SSSR count). The van der Waals surface area contributed by atoms with Gasteiger partial charge in [0.15, 0.2) is 5.16 Å². The van der Waals surface area contributed by atoms with E-state index in [1.54, 1.807) is 0 Å². The van der Waals surface area contributed by atoms with Crippen molar-refractivity contribution in [3.63, 3.8) is 0 Å². The average Bonchev–Trinajstić information content (AvgIpc) is 2.46. The quantitative estimate of drug-likeness (QED) is 0.474. The number of rotatable bonds is 5. The third-order valence-electron chi connectivity index (χ3n) is 2.26. The van der Waals surface area contributed by atoms with E-state index in [-0.39, 0.29) is 22.5 Å². The Morgan fingerprint density at radius 3 is 2.71 bits per heavy atom. The normalized spacial score (nSPS) is 10.1. The van der Waals surface area contributed by atoms with E-state index >= 15 is 0 Å². The fourth-order valence-electron chi connectivity index (χ4n) is 1.36. The number of non-ortho nitro benzene ring substituents is 1. The van der Waals surface area contributed by atoms with Crippen LogP contribution >= 0.6 is 11.8 Å². The number of H-pyrrole nitrogens is 1. The minimum atomic E-state index is -0.522. The van der Waals surface area contributed by atoms with Crippen LogP contribution in [0.15, 0.2) is 40.4 Å². The molecular weight excluding hydrogens is 298 g/mol. The van der Waals surface area contributed by atoms with Crippen molar-refractivity contribution in [2.24, 2.45) is 0 Å². The highest BCUT2D eigenvalue weighted by atomic mass is 32.2. The first-order chi connectivity index (χ1) is 10.0. The van der Waals surface area contributed by atoms with Gasteiger partial charge in [0.1, 0.15) is 6.20 Å². The lowest BCUT2D eigenvalue weighted by molar-refractivity contribution is -0.384. The van der Waals surface area contributed by atoms with Gasteiger partial charge in [0.05, 0.1) is 10.7 Å². The summed E-state index contributed by atoms with van der Waals surface area (Å²) in [6.45, 7) is 0. The molecule has 10 heteroatoms. The highest BCUT2D eigenvalue weighted by Gasteiger charge is 2.08. The van der Waals surface area contributed by atoms with Crippen LogP contribution in [0.1, 0.15) is 0 Å². The summed E-state index contributed by atoms with van der Waals surface area (Å²) in [4.78, 5) is 35.1. The summed E-state index contributed by atoms with van der Waals surface area (Å²) in [7, 11) is 0. The molecule has 0 radical (unpaired) electrons. The van der Waals surface area contributed by atoms with Crippen molar-refractivity contribution in [2.45, 2.75) is 5.16 Å². The van der Waals surface area contributed by atoms with Gasteiger partial charge in [0.25, 0.3) is 11.2 Å². The van der Waals surface area contributed by atoms with E-state index in [1.807, 2.05) is 0 Å². The van der Waals surface area contributed by atoms with Crippen molar-refractivity contribution in [1.82, 2.24) is 15.2 Å². The van der Waals surface area contributed by atoms with Gasteiger partial charge in [-0.25, -0.2) is 0 Å². The number of nitro benzene ring substituents is 1. The van der Waals surface area contributed by atoms with Gasteiger partial charge in [0, 0.05) is 17.8 Å². The maximum Gasteiger partial charge on any atom is 0.270 e. The van der Waals surface area contributed by atoms with Crippen LogP contribution in [0, 0.1) is 10.1 Å². The summed E-state index contributed by atoms with van der Waals surface area (Å²) in [5.41, 5.74) is -0.0124. The van der Waals surface area contributed by atoms with Crippen molar-refractivity contribution in [3.05, 3.63) is 50.9 Å². The van der Waals surface area contributed by atoms with Gasteiger partial charge in [-0.3, -0.25) is 24.7 Å². The minimum Gasteiger partial charge on any atom is -0.325 e. The summed E-state index contributed by atoms with van der Waals surface area (Å²) in [6.07, 6.45) is 1.03. The summed E-state index contributed by atoms with van der Waals surface area (Å²) in [6, 6.07) is 5.46. The molecule has 0 saturated heterocycles. The Morgan fingerprint density at radius 1 is 1.38 bits per heavy atom. The smallest absolute Gasteiger partial charge is 0.270 e. The van der Waals surface area contributed by atoms with E-state index in [9.17, 15) is 19.7 Å². The van der Waals surface area contributed by atoms with Crippen LogP contribution < -0.4 is 10.9 Å². The molecule has 0 fully saturated rings. The Bertz CT molecular complexity index is 715. The maximum atomic E-state index is 11.7. The van der Waals surface area contributed by atoms with Gasteiger partial charge in [0.2, 0.25) is 5.91 Å². The van der Waals surface area contributed by atoms with E-state index in [0.29, 0.717) is 5.69 Å². The second-order valence-electron chi connectivity index (χ2n) is 3.78. The number of nitrogens with one attached hydrogen (secondary N) is 2. The molecule has 0 unspecified atom stereocenters. The first-order valence-electron chi connectivity index (χ1n) is 5.64. The second kappa shape index (κ2) is 6.61.